The third-order valence-electron chi connectivity index (χ3n) is 4.15. The average Bonchev–Trinajstić information content (AvgIpc) is 3.44. The fourth-order valence-electron chi connectivity index (χ4n) is 2.73. The zero-order chi connectivity index (χ0) is 16.2. The van der Waals surface area contributed by atoms with Crippen LogP contribution in [0.15, 0.2) is 48.5 Å². The maximum absolute atomic E-state index is 12.7. The number of methoxy groups -OCH3 is 2. The molecular formula is C19H21NO3. The lowest BCUT2D eigenvalue weighted by Gasteiger charge is -2.19. The first-order valence-corrected chi connectivity index (χ1v) is 7.80. The van der Waals surface area contributed by atoms with Crippen molar-refractivity contribution < 1.29 is 14.3 Å². The minimum absolute atomic E-state index is 0.0564. The van der Waals surface area contributed by atoms with Crippen LogP contribution in [0.25, 0.3) is 0 Å². The highest BCUT2D eigenvalue weighted by atomic mass is 16.5. The van der Waals surface area contributed by atoms with Crippen LogP contribution in [0.4, 0.5) is 0 Å². The van der Waals surface area contributed by atoms with Crippen molar-refractivity contribution in [2.45, 2.75) is 18.9 Å². The number of hydrogen-bond acceptors (Lipinski definition) is 3. The van der Waals surface area contributed by atoms with Crippen LogP contribution >= 0.6 is 0 Å². The van der Waals surface area contributed by atoms with Crippen LogP contribution in [0, 0.1) is 5.92 Å². The predicted octanol–water partition coefficient (Wildman–Crippen LogP) is 3.58. The molecule has 1 saturated carbocycles. The minimum Gasteiger partial charge on any atom is -0.497 e. The number of amides is 1. The molecule has 2 aromatic rings. The Morgan fingerprint density at radius 2 is 1.65 bits per heavy atom. The number of benzene rings is 2. The van der Waals surface area contributed by atoms with E-state index in [0.29, 0.717) is 23.0 Å². The van der Waals surface area contributed by atoms with Gasteiger partial charge in [0.25, 0.3) is 5.91 Å². The van der Waals surface area contributed by atoms with Crippen LogP contribution in [0.2, 0.25) is 0 Å². The summed E-state index contributed by atoms with van der Waals surface area (Å²) in [5.41, 5.74) is 1.70. The normalized spacial score (nSPS) is 14.9. The van der Waals surface area contributed by atoms with E-state index in [2.05, 4.69) is 17.4 Å². The second-order valence-corrected chi connectivity index (χ2v) is 5.80. The Kier molecular flexibility index (Phi) is 4.51. The van der Waals surface area contributed by atoms with Crippen LogP contribution in [0.5, 0.6) is 11.5 Å². The van der Waals surface area contributed by atoms with Gasteiger partial charge in [0.2, 0.25) is 0 Å². The Morgan fingerprint density at radius 1 is 1.04 bits per heavy atom. The number of carbonyl (C=O) groups is 1. The topological polar surface area (TPSA) is 47.6 Å². The first-order valence-electron chi connectivity index (χ1n) is 7.80. The zero-order valence-corrected chi connectivity index (χ0v) is 13.4. The molecule has 1 fully saturated rings. The van der Waals surface area contributed by atoms with E-state index in [4.69, 9.17) is 9.47 Å². The molecule has 1 aliphatic carbocycles. The van der Waals surface area contributed by atoms with Gasteiger partial charge in [-0.25, -0.2) is 0 Å². The fourth-order valence-corrected chi connectivity index (χ4v) is 2.73. The lowest BCUT2D eigenvalue weighted by atomic mass is 10.0. The Hall–Kier alpha value is -2.49. The fraction of sp³-hybridized carbons (Fsp3) is 0.316. The van der Waals surface area contributed by atoms with Crippen LogP contribution in [-0.2, 0) is 0 Å². The van der Waals surface area contributed by atoms with Crippen LogP contribution < -0.4 is 14.8 Å². The summed E-state index contributed by atoms with van der Waals surface area (Å²) in [4.78, 5) is 12.7. The number of carbonyl (C=O) groups excluding carboxylic acids is 1. The molecule has 3 rings (SSSR count). The molecule has 1 N–H and O–H groups in total. The third-order valence-corrected chi connectivity index (χ3v) is 4.15. The Morgan fingerprint density at radius 3 is 2.17 bits per heavy atom. The molecule has 2 aromatic carbocycles. The van der Waals surface area contributed by atoms with Gasteiger partial charge in [0.1, 0.15) is 11.5 Å². The largest absolute Gasteiger partial charge is 0.497 e. The summed E-state index contributed by atoms with van der Waals surface area (Å²) in [6.07, 6.45) is 2.31. The summed E-state index contributed by atoms with van der Waals surface area (Å²) in [5.74, 6) is 1.63. The lowest BCUT2D eigenvalue weighted by Crippen LogP contribution is -2.29. The van der Waals surface area contributed by atoms with Crippen LogP contribution in [0.1, 0.15) is 34.8 Å². The van der Waals surface area contributed by atoms with E-state index in [9.17, 15) is 4.79 Å². The smallest absolute Gasteiger partial charge is 0.252 e. The molecule has 120 valence electrons. The van der Waals surface area contributed by atoms with Crippen molar-refractivity contribution in [3.8, 4) is 11.5 Å². The van der Waals surface area contributed by atoms with Crippen molar-refractivity contribution in [1.82, 2.24) is 5.32 Å². The van der Waals surface area contributed by atoms with Crippen molar-refractivity contribution in [3.05, 3.63) is 59.7 Å². The Labute approximate surface area is 136 Å². The molecule has 1 atom stereocenters. The molecule has 0 aromatic heterocycles. The summed E-state index contributed by atoms with van der Waals surface area (Å²) >= 11 is 0. The Bertz CT molecular complexity index is 658. The van der Waals surface area contributed by atoms with Gasteiger partial charge < -0.3 is 14.8 Å². The van der Waals surface area contributed by atoms with Gasteiger partial charge in [-0.15, -0.1) is 0 Å². The quantitative estimate of drug-likeness (QED) is 0.887. The summed E-state index contributed by atoms with van der Waals surface area (Å²) in [6, 6.07) is 15.4. The second-order valence-electron chi connectivity index (χ2n) is 5.80. The van der Waals surface area contributed by atoms with E-state index >= 15 is 0 Å². The van der Waals surface area contributed by atoms with Gasteiger partial charge in [0.05, 0.1) is 20.3 Å². The molecule has 0 saturated heterocycles. The van der Waals surface area contributed by atoms with Crippen molar-refractivity contribution in [2.24, 2.45) is 5.92 Å². The lowest BCUT2D eigenvalue weighted by molar-refractivity contribution is 0.0931. The highest BCUT2D eigenvalue weighted by Crippen LogP contribution is 2.41. The van der Waals surface area contributed by atoms with E-state index in [1.165, 1.54) is 0 Å². The maximum Gasteiger partial charge on any atom is 0.252 e. The summed E-state index contributed by atoms with van der Waals surface area (Å²) in [6.45, 7) is 0. The molecule has 0 bridgehead atoms. The first kappa shape index (κ1) is 15.4. The number of nitrogens with one attached hydrogen (secondary N) is 1. The maximum atomic E-state index is 12.7. The molecule has 0 radical (unpaired) electrons. The highest BCUT2D eigenvalue weighted by molar-refractivity contribution is 5.95. The van der Waals surface area contributed by atoms with Gasteiger partial charge in [-0.3, -0.25) is 4.79 Å². The average molecular weight is 311 g/mol. The van der Waals surface area contributed by atoms with Crippen molar-refractivity contribution in [2.75, 3.05) is 14.2 Å². The summed E-state index contributed by atoms with van der Waals surface area (Å²) in [7, 11) is 3.15. The summed E-state index contributed by atoms with van der Waals surface area (Å²) in [5, 5.41) is 3.16. The van der Waals surface area contributed by atoms with Gasteiger partial charge >= 0.3 is 0 Å². The van der Waals surface area contributed by atoms with Crippen molar-refractivity contribution in [3.63, 3.8) is 0 Å². The number of rotatable bonds is 6. The second kappa shape index (κ2) is 6.73. The standard InChI is InChI=1S/C19H21NO3/c1-22-16-10-15(11-17(12-16)23-2)19(21)20-18(14-8-9-14)13-6-4-3-5-7-13/h3-7,10-12,14,18H,8-9H2,1-2H3,(H,20,21)/t18-/m0/s1. The monoisotopic (exact) mass is 311 g/mol. The third kappa shape index (κ3) is 3.65. The van der Waals surface area contributed by atoms with E-state index in [1.807, 2.05) is 18.2 Å². The van der Waals surface area contributed by atoms with Gasteiger partial charge in [0.15, 0.2) is 0 Å². The predicted molar refractivity (Wildman–Crippen MR) is 88.9 cm³/mol. The van der Waals surface area contributed by atoms with Crippen molar-refractivity contribution in [1.29, 1.82) is 0 Å². The molecule has 0 aliphatic heterocycles. The van der Waals surface area contributed by atoms with Crippen LogP contribution in [-0.4, -0.2) is 20.1 Å². The molecule has 0 heterocycles. The molecule has 1 aliphatic rings. The molecule has 0 unspecified atom stereocenters. The Balaban J connectivity index is 1.82. The molecule has 4 nitrogen and oxygen atoms in total. The first-order chi connectivity index (χ1) is 11.2. The SMILES string of the molecule is COc1cc(OC)cc(C(=O)N[C@@H](c2ccccc2)C2CC2)c1. The summed E-state index contributed by atoms with van der Waals surface area (Å²) < 4.78 is 10.5. The van der Waals surface area contributed by atoms with Gasteiger partial charge in [-0.05, 0) is 36.5 Å². The van der Waals surface area contributed by atoms with E-state index < -0.39 is 0 Å². The number of hydrogen-bond donors (Lipinski definition) is 1. The molecule has 23 heavy (non-hydrogen) atoms. The van der Waals surface area contributed by atoms with Crippen LogP contribution in [0.3, 0.4) is 0 Å². The molecular weight excluding hydrogens is 290 g/mol. The van der Waals surface area contributed by atoms with E-state index in [1.54, 1.807) is 32.4 Å². The zero-order valence-electron chi connectivity index (χ0n) is 13.4. The molecule has 0 spiro atoms. The van der Waals surface area contributed by atoms with E-state index in [0.717, 1.165) is 18.4 Å². The molecule has 4 heteroatoms. The van der Waals surface area contributed by atoms with E-state index in [-0.39, 0.29) is 11.9 Å². The highest BCUT2D eigenvalue weighted by Gasteiger charge is 2.33. The number of ether oxygens (including phenoxy) is 2. The minimum atomic E-state index is -0.108. The van der Waals surface area contributed by atoms with Gasteiger partial charge in [-0.1, -0.05) is 30.3 Å². The molecule has 1 amide bonds. The van der Waals surface area contributed by atoms with Gasteiger partial charge in [0, 0.05) is 11.6 Å². The van der Waals surface area contributed by atoms with Crippen molar-refractivity contribution >= 4 is 5.91 Å². The van der Waals surface area contributed by atoms with Gasteiger partial charge in [-0.2, -0.15) is 0 Å².